The largest absolute Gasteiger partial charge is 0.394 e. The van der Waals surface area contributed by atoms with Gasteiger partial charge in [-0.05, 0) is 50.0 Å². The maximum Gasteiger partial charge on any atom is 0.0633 e. The molecule has 3 aromatic rings. The molecule has 3 nitrogen and oxygen atoms in total. The first-order valence-corrected chi connectivity index (χ1v) is 8.43. The zero-order chi connectivity index (χ0) is 16.4. The highest BCUT2D eigenvalue weighted by molar-refractivity contribution is 9.10. The van der Waals surface area contributed by atoms with E-state index in [9.17, 15) is 10.2 Å². The number of fused-ring (bicyclic) bond motifs is 2. The Hall–Kier alpha value is -1.46. The Morgan fingerprint density at radius 1 is 0.870 bits per heavy atom. The van der Waals surface area contributed by atoms with Gasteiger partial charge in [0.25, 0.3) is 0 Å². The van der Waals surface area contributed by atoms with Crippen LogP contribution in [0.3, 0.4) is 0 Å². The molecule has 0 fully saturated rings. The lowest BCUT2D eigenvalue weighted by molar-refractivity contribution is 0.103. The zero-order valence-corrected chi connectivity index (χ0v) is 14.6. The highest BCUT2D eigenvalue weighted by Crippen LogP contribution is 2.36. The third kappa shape index (κ3) is 3.00. The van der Waals surface area contributed by atoms with Crippen LogP contribution in [0.15, 0.2) is 53.0 Å². The Morgan fingerprint density at radius 3 is 1.74 bits per heavy atom. The monoisotopic (exact) mass is 373 g/mol. The molecule has 0 unspecified atom stereocenters. The van der Waals surface area contributed by atoms with E-state index >= 15 is 0 Å². The van der Waals surface area contributed by atoms with Crippen LogP contribution in [0, 0.1) is 0 Å². The summed E-state index contributed by atoms with van der Waals surface area (Å²) in [6.07, 6.45) is 0. The van der Waals surface area contributed by atoms with Crippen molar-refractivity contribution in [2.24, 2.45) is 0 Å². The van der Waals surface area contributed by atoms with Crippen molar-refractivity contribution in [2.75, 3.05) is 13.2 Å². The second-order valence-corrected chi connectivity index (χ2v) is 6.91. The minimum atomic E-state index is -0.699. The van der Waals surface area contributed by atoms with Crippen LogP contribution < -0.4 is 5.32 Å². The quantitative estimate of drug-likeness (QED) is 0.599. The van der Waals surface area contributed by atoms with Gasteiger partial charge in [-0.15, -0.1) is 0 Å². The molecule has 0 atom stereocenters. The first-order chi connectivity index (χ1) is 11.1. The van der Waals surface area contributed by atoms with E-state index < -0.39 is 5.54 Å². The van der Waals surface area contributed by atoms with Crippen LogP contribution in [0.5, 0.6) is 0 Å². The van der Waals surface area contributed by atoms with Crippen LogP contribution in [0.2, 0.25) is 0 Å². The van der Waals surface area contributed by atoms with Crippen LogP contribution in [0.25, 0.3) is 21.5 Å². The Morgan fingerprint density at radius 2 is 1.30 bits per heavy atom. The molecule has 0 aromatic heterocycles. The van der Waals surface area contributed by atoms with Gasteiger partial charge in [0, 0.05) is 11.0 Å². The number of aliphatic hydroxyl groups is 2. The zero-order valence-electron chi connectivity index (χ0n) is 13.0. The van der Waals surface area contributed by atoms with Crippen molar-refractivity contribution in [3.8, 4) is 0 Å². The van der Waals surface area contributed by atoms with E-state index in [0.717, 1.165) is 15.2 Å². The van der Waals surface area contributed by atoms with Crippen LogP contribution in [0.4, 0.5) is 0 Å². The highest BCUT2D eigenvalue weighted by Gasteiger charge is 2.22. The number of rotatable bonds is 5. The van der Waals surface area contributed by atoms with Crippen molar-refractivity contribution in [3.05, 3.63) is 58.6 Å². The van der Waals surface area contributed by atoms with E-state index in [-0.39, 0.29) is 13.2 Å². The predicted molar refractivity (Wildman–Crippen MR) is 98.6 cm³/mol. The van der Waals surface area contributed by atoms with Crippen molar-refractivity contribution in [2.45, 2.75) is 19.0 Å². The molecule has 3 rings (SSSR count). The summed E-state index contributed by atoms with van der Waals surface area (Å²) in [6, 6.07) is 16.6. The van der Waals surface area contributed by atoms with Crippen molar-refractivity contribution >= 4 is 37.5 Å². The van der Waals surface area contributed by atoms with Crippen LogP contribution in [0.1, 0.15) is 12.5 Å². The minimum Gasteiger partial charge on any atom is -0.394 e. The molecule has 3 N–H and O–H groups in total. The van der Waals surface area contributed by atoms with E-state index in [0.29, 0.717) is 6.54 Å². The first-order valence-electron chi connectivity index (χ1n) is 7.64. The number of halogens is 1. The van der Waals surface area contributed by atoms with Gasteiger partial charge in [-0.1, -0.05) is 48.5 Å². The molecule has 0 bridgehead atoms. The van der Waals surface area contributed by atoms with Crippen molar-refractivity contribution in [1.29, 1.82) is 0 Å². The third-order valence-electron chi connectivity index (χ3n) is 4.37. The summed E-state index contributed by atoms with van der Waals surface area (Å²) >= 11 is 3.73. The van der Waals surface area contributed by atoms with Gasteiger partial charge >= 0.3 is 0 Å². The molecule has 23 heavy (non-hydrogen) atoms. The Kier molecular flexibility index (Phi) is 4.69. The molecule has 0 radical (unpaired) electrons. The van der Waals surface area contributed by atoms with Gasteiger partial charge in [-0.25, -0.2) is 0 Å². The van der Waals surface area contributed by atoms with E-state index in [1.807, 2.05) is 31.2 Å². The lowest BCUT2D eigenvalue weighted by atomic mass is 9.95. The maximum atomic E-state index is 9.50. The van der Waals surface area contributed by atoms with E-state index in [2.05, 4.69) is 45.5 Å². The van der Waals surface area contributed by atoms with Gasteiger partial charge in [-0.2, -0.15) is 0 Å². The average molecular weight is 374 g/mol. The summed E-state index contributed by atoms with van der Waals surface area (Å²) in [7, 11) is 0. The highest BCUT2D eigenvalue weighted by atomic mass is 79.9. The minimum absolute atomic E-state index is 0.115. The second kappa shape index (κ2) is 6.57. The Labute approximate surface area is 144 Å². The summed E-state index contributed by atoms with van der Waals surface area (Å²) < 4.78 is 1.10. The molecule has 0 aliphatic heterocycles. The standard InChI is InChI=1S/C19H20BrNO2/c1-19(11-22,12-23)21-10-17-13-6-2-4-8-15(13)18(20)16-9-5-3-7-14(16)17/h2-9,21-23H,10-12H2,1H3. The Balaban J connectivity index is 2.19. The maximum absolute atomic E-state index is 9.50. The first kappa shape index (κ1) is 16.4. The van der Waals surface area contributed by atoms with Gasteiger partial charge < -0.3 is 15.5 Å². The number of aliphatic hydroxyl groups excluding tert-OH is 2. The fourth-order valence-electron chi connectivity index (χ4n) is 2.82. The van der Waals surface area contributed by atoms with Crippen molar-refractivity contribution in [1.82, 2.24) is 5.32 Å². The third-order valence-corrected chi connectivity index (χ3v) is 5.22. The summed E-state index contributed by atoms with van der Waals surface area (Å²) in [5.74, 6) is 0. The van der Waals surface area contributed by atoms with Crippen molar-refractivity contribution < 1.29 is 10.2 Å². The van der Waals surface area contributed by atoms with Gasteiger partial charge in [0.1, 0.15) is 0 Å². The molecular formula is C19H20BrNO2. The smallest absolute Gasteiger partial charge is 0.0633 e. The van der Waals surface area contributed by atoms with Crippen LogP contribution in [-0.4, -0.2) is 29.0 Å². The molecule has 0 saturated heterocycles. The Bertz CT molecular complexity index is 786. The molecule has 0 heterocycles. The van der Waals surface area contributed by atoms with Crippen LogP contribution >= 0.6 is 15.9 Å². The SMILES string of the molecule is CC(CO)(CO)NCc1c2ccccc2c(Br)c2ccccc12. The van der Waals surface area contributed by atoms with Gasteiger partial charge in [0.15, 0.2) is 0 Å². The van der Waals surface area contributed by atoms with Crippen LogP contribution in [-0.2, 0) is 6.54 Å². The molecule has 120 valence electrons. The van der Waals surface area contributed by atoms with E-state index in [1.54, 1.807) is 0 Å². The van der Waals surface area contributed by atoms with E-state index in [4.69, 9.17) is 0 Å². The number of hydrogen-bond acceptors (Lipinski definition) is 3. The molecule has 3 aromatic carbocycles. The lowest BCUT2D eigenvalue weighted by Crippen LogP contribution is -2.48. The number of benzene rings is 3. The second-order valence-electron chi connectivity index (χ2n) is 6.11. The normalized spacial score (nSPS) is 12.2. The van der Waals surface area contributed by atoms with Gasteiger partial charge in [0.05, 0.1) is 18.8 Å². The number of hydrogen-bond donors (Lipinski definition) is 3. The van der Waals surface area contributed by atoms with Gasteiger partial charge in [0.2, 0.25) is 0 Å². The fourth-order valence-corrected chi connectivity index (χ4v) is 3.51. The molecule has 0 amide bonds. The van der Waals surface area contributed by atoms with E-state index in [1.165, 1.54) is 16.3 Å². The fraction of sp³-hybridized carbons (Fsp3) is 0.263. The average Bonchev–Trinajstić information content (AvgIpc) is 2.61. The molecular weight excluding hydrogens is 354 g/mol. The summed E-state index contributed by atoms with van der Waals surface area (Å²) in [5.41, 5.74) is 0.475. The summed E-state index contributed by atoms with van der Waals surface area (Å²) in [6.45, 7) is 2.16. The summed E-state index contributed by atoms with van der Waals surface area (Å²) in [5, 5.41) is 27.0. The van der Waals surface area contributed by atoms with Crippen molar-refractivity contribution in [3.63, 3.8) is 0 Å². The predicted octanol–water partition coefficient (Wildman–Crippen LogP) is 3.59. The van der Waals surface area contributed by atoms with Gasteiger partial charge in [-0.3, -0.25) is 0 Å². The lowest BCUT2D eigenvalue weighted by Gasteiger charge is -2.27. The molecule has 0 aliphatic carbocycles. The summed E-state index contributed by atoms with van der Waals surface area (Å²) in [4.78, 5) is 0. The molecule has 0 aliphatic rings. The number of nitrogens with one attached hydrogen (secondary N) is 1. The topological polar surface area (TPSA) is 52.5 Å². The molecule has 0 saturated carbocycles. The molecule has 0 spiro atoms. The molecule has 4 heteroatoms.